The van der Waals surface area contributed by atoms with E-state index in [-0.39, 0.29) is 0 Å². The minimum atomic E-state index is 0.534. The van der Waals surface area contributed by atoms with Gasteiger partial charge in [-0.15, -0.1) is 0 Å². The third-order valence-corrected chi connectivity index (χ3v) is 2.40. The van der Waals surface area contributed by atoms with Crippen LogP contribution in [0.25, 0.3) is 22.4 Å². The van der Waals surface area contributed by atoms with Crippen LogP contribution in [0.1, 0.15) is 5.82 Å². The third-order valence-electron chi connectivity index (χ3n) is 2.40. The molecule has 0 N–H and O–H groups in total. The fourth-order valence-electron chi connectivity index (χ4n) is 1.62. The standard InChI is InChI=1S/C12H9N3O/c1-8-13-7-10-11(15-16-12(10)14-8)9-5-3-2-4-6-9/h2-7H,1H3. The van der Waals surface area contributed by atoms with Crippen LogP contribution in [0.15, 0.2) is 41.1 Å². The van der Waals surface area contributed by atoms with Crippen LogP contribution in [0, 0.1) is 6.92 Å². The van der Waals surface area contributed by atoms with Crippen molar-refractivity contribution in [3.05, 3.63) is 42.4 Å². The van der Waals surface area contributed by atoms with E-state index >= 15 is 0 Å². The molecular formula is C12H9N3O. The fourth-order valence-corrected chi connectivity index (χ4v) is 1.62. The Kier molecular flexibility index (Phi) is 1.93. The number of fused-ring (bicyclic) bond motifs is 1. The summed E-state index contributed by atoms with van der Waals surface area (Å²) in [4.78, 5) is 8.34. The van der Waals surface area contributed by atoms with Gasteiger partial charge in [0, 0.05) is 11.8 Å². The van der Waals surface area contributed by atoms with E-state index in [0.29, 0.717) is 11.5 Å². The molecule has 0 aliphatic carbocycles. The van der Waals surface area contributed by atoms with Gasteiger partial charge in [0.25, 0.3) is 5.71 Å². The minimum absolute atomic E-state index is 0.534. The smallest absolute Gasteiger partial charge is 0.261 e. The average molecular weight is 211 g/mol. The van der Waals surface area contributed by atoms with Gasteiger partial charge in [-0.3, -0.25) is 0 Å². The maximum atomic E-state index is 5.18. The van der Waals surface area contributed by atoms with Crippen molar-refractivity contribution < 1.29 is 4.52 Å². The Bertz CT molecular complexity index is 631. The van der Waals surface area contributed by atoms with Gasteiger partial charge in [-0.25, -0.2) is 4.98 Å². The molecule has 2 aromatic heterocycles. The monoisotopic (exact) mass is 211 g/mol. The number of nitrogens with zero attached hydrogens (tertiary/aromatic N) is 3. The first-order chi connectivity index (χ1) is 7.84. The van der Waals surface area contributed by atoms with E-state index in [9.17, 15) is 0 Å². The van der Waals surface area contributed by atoms with Gasteiger partial charge in [-0.2, -0.15) is 4.98 Å². The lowest BCUT2D eigenvalue weighted by Gasteiger charge is -1.94. The zero-order chi connectivity index (χ0) is 11.0. The van der Waals surface area contributed by atoms with Crippen molar-refractivity contribution in [3.63, 3.8) is 0 Å². The Morgan fingerprint density at radius 1 is 1.12 bits per heavy atom. The van der Waals surface area contributed by atoms with Crippen molar-refractivity contribution in [1.29, 1.82) is 0 Å². The summed E-state index contributed by atoms with van der Waals surface area (Å²) in [5, 5.41) is 4.87. The molecule has 0 atom stereocenters. The van der Waals surface area contributed by atoms with Crippen LogP contribution < -0.4 is 0 Å². The molecule has 0 bridgehead atoms. The summed E-state index contributed by atoms with van der Waals surface area (Å²) in [5.41, 5.74) is 2.33. The van der Waals surface area contributed by atoms with Gasteiger partial charge < -0.3 is 4.52 Å². The van der Waals surface area contributed by atoms with Crippen molar-refractivity contribution in [2.75, 3.05) is 0 Å². The Balaban J connectivity index is 2.26. The lowest BCUT2D eigenvalue weighted by molar-refractivity contribution is 0.450. The number of benzene rings is 1. The van der Waals surface area contributed by atoms with E-state index in [1.54, 1.807) is 6.20 Å². The summed E-state index contributed by atoms with van der Waals surface area (Å²) in [6.07, 6.45) is 1.75. The van der Waals surface area contributed by atoms with Crippen LogP contribution in [-0.2, 0) is 0 Å². The van der Waals surface area contributed by atoms with E-state index in [1.165, 1.54) is 0 Å². The molecule has 0 saturated heterocycles. The molecule has 4 heteroatoms. The van der Waals surface area contributed by atoms with Crippen molar-refractivity contribution >= 4 is 11.1 Å². The Morgan fingerprint density at radius 2 is 1.94 bits per heavy atom. The summed E-state index contributed by atoms with van der Waals surface area (Å²) in [6, 6.07) is 9.86. The van der Waals surface area contributed by atoms with Crippen molar-refractivity contribution in [1.82, 2.24) is 15.1 Å². The molecule has 4 nitrogen and oxygen atoms in total. The average Bonchev–Trinajstić information content (AvgIpc) is 2.73. The highest BCUT2D eigenvalue weighted by atomic mass is 16.5. The number of aromatic nitrogens is 3. The second kappa shape index (κ2) is 3.41. The molecule has 0 radical (unpaired) electrons. The summed E-state index contributed by atoms with van der Waals surface area (Å²) >= 11 is 0. The van der Waals surface area contributed by atoms with Crippen molar-refractivity contribution in [3.8, 4) is 11.3 Å². The van der Waals surface area contributed by atoms with Gasteiger partial charge >= 0.3 is 0 Å². The molecule has 3 rings (SSSR count). The van der Waals surface area contributed by atoms with Crippen LogP contribution in [0.3, 0.4) is 0 Å². The molecule has 2 heterocycles. The molecule has 78 valence electrons. The van der Waals surface area contributed by atoms with E-state index in [0.717, 1.165) is 16.6 Å². The molecule has 0 saturated carbocycles. The maximum absolute atomic E-state index is 5.18. The van der Waals surface area contributed by atoms with Crippen molar-refractivity contribution in [2.45, 2.75) is 6.92 Å². The molecule has 0 spiro atoms. The lowest BCUT2D eigenvalue weighted by Crippen LogP contribution is -1.85. The lowest BCUT2D eigenvalue weighted by atomic mass is 10.1. The first-order valence-corrected chi connectivity index (χ1v) is 4.99. The van der Waals surface area contributed by atoms with Crippen LogP contribution >= 0.6 is 0 Å². The van der Waals surface area contributed by atoms with Crippen LogP contribution in [0.2, 0.25) is 0 Å². The van der Waals surface area contributed by atoms with Gasteiger partial charge in [0.15, 0.2) is 0 Å². The summed E-state index contributed by atoms with van der Waals surface area (Å²) in [5.74, 6) is 0.684. The van der Waals surface area contributed by atoms with Crippen LogP contribution in [0.4, 0.5) is 0 Å². The summed E-state index contributed by atoms with van der Waals surface area (Å²) in [6.45, 7) is 1.82. The largest absolute Gasteiger partial charge is 0.335 e. The highest BCUT2D eigenvalue weighted by Gasteiger charge is 2.11. The second-order valence-corrected chi connectivity index (χ2v) is 3.53. The molecule has 0 aliphatic rings. The van der Waals surface area contributed by atoms with E-state index in [1.807, 2.05) is 37.3 Å². The van der Waals surface area contributed by atoms with Crippen molar-refractivity contribution in [2.24, 2.45) is 0 Å². The zero-order valence-corrected chi connectivity index (χ0v) is 8.71. The van der Waals surface area contributed by atoms with Crippen LogP contribution in [0.5, 0.6) is 0 Å². The van der Waals surface area contributed by atoms with E-state index in [2.05, 4.69) is 15.1 Å². The third kappa shape index (κ3) is 1.35. The molecule has 1 aromatic carbocycles. The SMILES string of the molecule is Cc1ncc2c(-c3ccccc3)noc2n1. The Hall–Kier alpha value is -2.23. The maximum Gasteiger partial charge on any atom is 0.261 e. The van der Waals surface area contributed by atoms with Gasteiger partial charge in [-0.1, -0.05) is 35.5 Å². The number of hydrogen-bond acceptors (Lipinski definition) is 4. The number of aryl methyl sites for hydroxylation is 1. The predicted molar refractivity (Wildman–Crippen MR) is 59.8 cm³/mol. The van der Waals surface area contributed by atoms with E-state index < -0.39 is 0 Å². The molecule has 0 fully saturated rings. The topological polar surface area (TPSA) is 51.8 Å². The van der Waals surface area contributed by atoms with Crippen LogP contribution in [-0.4, -0.2) is 15.1 Å². The predicted octanol–water partition coefficient (Wildman–Crippen LogP) is 2.59. The van der Waals surface area contributed by atoms with Gasteiger partial charge in [0.1, 0.15) is 11.5 Å². The van der Waals surface area contributed by atoms with E-state index in [4.69, 9.17) is 4.52 Å². The number of hydrogen-bond donors (Lipinski definition) is 0. The molecule has 0 aliphatic heterocycles. The molecule has 0 unspecified atom stereocenters. The van der Waals surface area contributed by atoms with Gasteiger partial charge in [0.2, 0.25) is 0 Å². The Labute approximate surface area is 91.9 Å². The number of rotatable bonds is 1. The normalized spacial score (nSPS) is 10.8. The molecular weight excluding hydrogens is 202 g/mol. The molecule has 3 aromatic rings. The summed E-state index contributed by atoms with van der Waals surface area (Å²) in [7, 11) is 0. The second-order valence-electron chi connectivity index (χ2n) is 3.53. The quantitative estimate of drug-likeness (QED) is 0.620. The van der Waals surface area contributed by atoms with Gasteiger partial charge in [-0.05, 0) is 6.92 Å². The molecule has 0 amide bonds. The minimum Gasteiger partial charge on any atom is -0.335 e. The zero-order valence-electron chi connectivity index (χ0n) is 8.71. The molecule has 16 heavy (non-hydrogen) atoms. The summed E-state index contributed by atoms with van der Waals surface area (Å²) < 4.78 is 5.18. The first kappa shape index (κ1) is 9.03. The first-order valence-electron chi connectivity index (χ1n) is 4.99. The van der Waals surface area contributed by atoms with Gasteiger partial charge in [0.05, 0.1) is 5.39 Å². The fraction of sp³-hybridized carbons (Fsp3) is 0.0833. The highest BCUT2D eigenvalue weighted by molar-refractivity contribution is 5.88. The highest BCUT2D eigenvalue weighted by Crippen LogP contribution is 2.25. The Morgan fingerprint density at radius 3 is 2.75 bits per heavy atom.